The minimum atomic E-state index is -1.29. The Kier molecular flexibility index (Phi) is 5.16. The van der Waals surface area contributed by atoms with E-state index in [1.54, 1.807) is 27.7 Å². The molecule has 3 unspecified atom stereocenters. The van der Waals surface area contributed by atoms with E-state index in [-0.39, 0.29) is 36.0 Å². The van der Waals surface area contributed by atoms with Crippen molar-refractivity contribution in [2.24, 2.45) is 5.41 Å². The lowest BCUT2D eigenvalue weighted by molar-refractivity contribution is -0.911. The van der Waals surface area contributed by atoms with E-state index in [0.717, 1.165) is 12.1 Å². The van der Waals surface area contributed by atoms with Crippen molar-refractivity contribution in [1.82, 2.24) is 0 Å². The van der Waals surface area contributed by atoms with E-state index in [1.165, 1.54) is 6.07 Å². The molecule has 26 heavy (non-hydrogen) atoms. The zero-order valence-electron chi connectivity index (χ0n) is 15.6. The van der Waals surface area contributed by atoms with Crippen LogP contribution in [0, 0.1) is 17.0 Å². The summed E-state index contributed by atoms with van der Waals surface area (Å²) in [7, 11) is 0. The van der Waals surface area contributed by atoms with E-state index < -0.39 is 40.6 Å². The number of halogens is 2. The van der Waals surface area contributed by atoms with E-state index in [2.05, 4.69) is 0 Å². The molecule has 1 fully saturated rings. The number of hydrogen-bond acceptors (Lipinski definition) is 2. The molecule has 1 saturated heterocycles. The molecule has 1 aromatic rings. The van der Waals surface area contributed by atoms with Gasteiger partial charge in [-0.05, 0) is 38.8 Å². The fourth-order valence-corrected chi connectivity index (χ4v) is 4.22. The van der Waals surface area contributed by atoms with Gasteiger partial charge in [0.15, 0.2) is 0 Å². The van der Waals surface area contributed by atoms with Crippen LogP contribution in [0.4, 0.5) is 13.6 Å². The molecule has 1 aliphatic rings. The molecule has 1 heterocycles. The second kappa shape index (κ2) is 6.61. The number of carbonyl (C=O) groups is 2. The second-order valence-electron chi connectivity index (χ2n) is 8.11. The molecule has 3 atom stereocenters. The maximum absolute atomic E-state index is 14.5. The number of piperidine rings is 1. The van der Waals surface area contributed by atoms with Crippen molar-refractivity contribution in [3.05, 3.63) is 35.4 Å². The summed E-state index contributed by atoms with van der Waals surface area (Å²) in [6, 6.07) is 3.05. The van der Waals surface area contributed by atoms with Crippen molar-refractivity contribution in [2.75, 3.05) is 13.1 Å². The van der Waals surface area contributed by atoms with Crippen LogP contribution in [0.2, 0.25) is 0 Å². The van der Waals surface area contributed by atoms with Gasteiger partial charge in [-0.2, -0.15) is 4.79 Å². The molecule has 1 amide bonds. The van der Waals surface area contributed by atoms with Gasteiger partial charge < -0.3 is 10.2 Å². The predicted molar refractivity (Wildman–Crippen MR) is 91.8 cm³/mol. The SMILES string of the molecule is CCC1(C(=O)O)CC[N+](C(=O)O)(C(C)(C)C)CC1c1ccc(F)cc1F. The molecule has 0 spiro atoms. The second-order valence-corrected chi connectivity index (χ2v) is 8.11. The largest absolute Gasteiger partial charge is 0.514 e. The fourth-order valence-electron chi connectivity index (χ4n) is 4.22. The lowest BCUT2D eigenvalue weighted by Gasteiger charge is -2.53. The molecule has 5 nitrogen and oxygen atoms in total. The first-order valence-corrected chi connectivity index (χ1v) is 8.70. The highest BCUT2D eigenvalue weighted by molar-refractivity contribution is 5.76. The Morgan fingerprint density at radius 3 is 2.31 bits per heavy atom. The Labute approximate surface area is 151 Å². The maximum atomic E-state index is 14.5. The highest BCUT2D eigenvalue weighted by Crippen LogP contribution is 2.50. The van der Waals surface area contributed by atoms with Crippen LogP contribution in [-0.2, 0) is 4.79 Å². The van der Waals surface area contributed by atoms with Crippen LogP contribution in [-0.4, -0.2) is 45.4 Å². The summed E-state index contributed by atoms with van der Waals surface area (Å²) in [5.74, 6) is -3.55. The first-order valence-electron chi connectivity index (χ1n) is 8.70. The summed E-state index contributed by atoms with van der Waals surface area (Å²) in [5.41, 5.74) is -1.94. The standard InChI is InChI=1S/C19H25F2NO4/c1-5-19(16(23)24)8-9-22(17(25)26,18(2,3)4)11-14(19)13-7-6-12(20)10-15(13)21/h6-7,10,14H,5,8-9,11H2,1-4H3,(H-,23,24,25,26)/p+1. The third-order valence-electron chi connectivity index (χ3n) is 6.15. The number of aliphatic carboxylic acids is 1. The third kappa shape index (κ3) is 2.98. The number of nitrogens with zero attached hydrogens (tertiary/aromatic N) is 1. The summed E-state index contributed by atoms with van der Waals surface area (Å²) in [5, 5.41) is 19.9. The van der Waals surface area contributed by atoms with Crippen molar-refractivity contribution in [3.63, 3.8) is 0 Å². The number of quaternary nitrogens is 1. The Bertz CT molecular complexity index is 731. The van der Waals surface area contributed by atoms with Crippen molar-refractivity contribution in [1.29, 1.82) is 0 Å². The summed E-state index contributed by atoms with van der Waals surface area (Å²) >= 11 is 0. The summed E-state index contributed by atoms with van der Waals surface area (Å²) in [6.07, 6.45) is -0.739. The highest BCUT2D eigenvalue weighted by atomic mass is 19.1. The van der Waals surface area contributed by atoms with Crippen molar-refractivity contribution in [2.45, 2.75) is 52.0 Å². The van der Waals surface area contributed by atoms with Gasteiger partial charge >= 0.3 is 12.1 Å². The zero-order valence-corrected chi connectivity index (χ0v) is 15.6. The molecule has 0 aromatic heterocycles. The number of carboxylic acids is 1. The number of benzene rings is 1. The van der Waals surface area contributed by atoms with Crippen LogP contribution in [0.25, 0.3) is 0 Å². The molecule has 1 aromatic carbocycles. The Balaban J connectivity index is 2.69. The fraction of sp³-hybridized carbons (Fsp3) is 0.579. The third-order valence-corrected chi connectivity index (χ3v) is 6.15. The molecule has 0 aliphatic carbocycles. The Morgan fingerprint density at radius 2 is 1.88 bits per heavy atom. The van der Waals surface area contributed by atoms with Crippen LogP contribution in [0.5, 0.6) is 0 Å². The number of hydrogen-bond donors (Lipinski definition) is 2. The predicted octanol–water partition coefficient (Wildman–Crippen LogP) is 4.23. The van der Waals surface area contributed by atoms with Gasteiger partial charge in [-0.25, -0.2) is 13.3 Å². The smallest absolute Gasteiger partial charge is 0.481 e. The molecular formula is C19H26F2NO4+. The van der Waals surface area contributed by atoms with E-state index in [1.807, 2.05) is 0 Å². The molecule has 2 rings (SSSR count). The molecule has 7 heteroatoms. The van der Waals surface area contributed by atoms with Gasteiger partial charge in [-0.15, -0.1) is 0 Å². The topological polar surface area (TPSA) is 74.6 Å². The minimum Gasteiger partial charge on any atom is -0.481 e. The number of rotatable bonds is 3. The molecule has 0 saturated carbocycles. The minimum absolute atomic E-state index is 0.0587. The number of likely N-dealkylation sites (tertiary alicyclic amines) is 1. The first kappa shape index (κ1) is 20.3. The number of carboxylic acid groups (broad SMARTS) is 2. The van der Waals surface area contributed by atoms with Gasteiger partial charge in [0.05, 0.1) is 24.4 Å². The molecule has 0 radical (unpaired) electrons. The van der Waals surface area contributed by atoms with Gasteiger partial charge in [0.1, 0.15) is 17.2 Å². The summed E-state index contributed by atoms with van der Waals surface area (Å²) in [4.78, 5) is 24.3. The van der Waals surface area contributed by atoms with Crippen LogP contribution in [0.3, 0.4) is 0 Å². The normalized spacial score (nSPS) is 29.4. The lowest BCUT2D eigenvalue weighted by atomic mass is 9.64. The van der Waals surface area contributed by atoms with Crippen LogP contribution >= 0.6 is 0 Å². The average molecular weight is 370 g/mol. The lowest BCUT2D eigenvalue weighted by Crippen LogP contribution is -2.69. The maximum Gasteiger partial charge on any atom is 0.514 e. The van der Waals surface area contributed by atoms with E-state index in [0.29, 0.717) is 0 Å². The van der Waals surface area contributed by atoms with Crippen LogP contribution in [0.15, 0.2) is 18.2 Å². The summed E-state index contributed by atoms with van der Waals surface area (Å²) < 4.78 is 27.5. The van der Waals surface area contributed by atoms with Crippen molar-refractivity contribution >= 4 is 12.1 Å². The number of amides is 1. The molecule has 144 valence electrons. The first-order chi connectivity index (χ1) is 11.9. The molecule has 1 aliphatic heterocycles. The highest BCUT2D eigenvalue weighted by Gasteiger charge is 2.60. The van der Waals surface area contributed by atoms with Gasteiger partial charge in [-0.1, -0.05) is 13.0 Å². The Hall–Kier alpha value is -2.02. The molecule has 2 N–H and O–H groups in total. The van der Waals surface area contributed by atoms with Crippen molar-refractivity contribution in [3.8, 4) is 0 Å². The Morgan fingerprint density at radius 1 is 1.27 bits per heavy atom. The van der Waals surface area contributed by atoms with E-state index >= 15 is 0 Å². The molecule has 0 bridgehead atoms. The summed E-state index contributed by atoms with van der Waals surface area (Å²) in [6.45, 7) is 7.11. The van der Waals surface area contributed by atoms with Gasteiger partial charge in [0.2, 0.25) is 0 Å². The molecular weight excluding hydrogens is 344 g/mol. The van der Waals surface area contributed by atoms with E-state index in [4.69, 9.17) is 0 Å². The van der Waals surface area contributed by atoms with E-state index in [9.17, 15) is 28.6 Å². The monoisotopic (exact) mass is 370 g/mol. The van der Waals surface area contributed by atoms with Gasteiger partial charge in [0.25, 0.3) is 0 Å². The average Bonchev–Trinajstić information content (AvgIpc) is 2.52. The van der Waals surface area contributed by atoms with Gasteiger partial charge in [0, 0.05) is 12.5 Å². The quantitative estimate of drug-likeness (QED) is 0.781. The van der Waals surface area contributed by atoms with Gasteiger partial charge in [-0.3, -0.25) is 4.79 Å². The van der Waals surface area contributed by atoms with Crippen molar-refractivity contribution < 1.29 is 33.1 Å². The van der Waals surface area contributed by atoms with Crippen LogP contribution in [0.1, 0.15) is 52.0 Å². The van der Waals surface area contributed by atoms with Crippen LogP contribution < -0.4 is 0 Å². The zero-order chi connectivity index (χ0) is 19.9.